The standard InChI is InChI=1S/C22H21ClF3NO6S/c1-13-4-10-16(11-5-13)34(30,31)27-18(14-6-8-15(23)9-7-14)12-17(22(24,25)26)19(20(28)32-2)21(29)33-3/h4-12,17,19,27H,1-3H3/b18-12+/t17-/m0/s1. The van der Waals surface area contributed by atoms with Gasteiger partial charge in [0.15, 0.2) is 5.92 Å². The third kappa shape index (κ3) is 6.73. The highest BCUT2D eigenvalue weighted by Crippen LogP contribution is 2.37. The second-order valence-electron chi connectivity index (χ2n) is 7.10. The van der Waals surface area contributed by atoms with Crippen molar-refractivity contribution in [3.63, 3.8) is 0 Å². The fourth-order valence-corrected chi connectivity index (χ4v) is 4.16. The van der Waals surface area contributed by atoms with Crippen LogP contribution in [-0.4, -0.2) is 40.8 Å². The van der Waals surface area contributed by atoms with E-state index in [0.717, 1.165) is 19.8 Å². The number of alkyl halides is 3. The number of allylic oxidation sites excluding steroid dienone is 1. The summed E-state index contributed by atoms with van der Waals surface area (Å²) in [6, 6.07) is 10.8. The molecule has 0 aliphatic rings. The summed E-state index contributed by atoms with van der Waals surface area (Å²) >= 11 is 5.85. The highest BCUT2D eigenvalue weighted by molar-refractivity contribution is 7.89. The van der Waals surface area contributed by atoms with E-state index in [0.29, 0.717) is 6.08 Å². The molecule has 0 fully saturated rings. The molecule has 7 nitrogen and oxygen atoms in total. The molecule has 12 heteroatoms. The van der Waals surface area contributed by atoms with Crippen molar-refractivity contribution in [1.82, 2.24) is 4.72 Å². The Balaban J connectivity index is 2.70. The molecule has 2 aromatic rings. The van der Waals surface area contributed by atoms with Crippen molar-refractivity contribution < 1.29 is 40.7 Å². The van der Waals surface area contributed by atoms with Crippen molar-refractivity contribution in [2.24, 2.45) is 11.8 Å². The smallest absolute Gasteiger partial charge is 0.396 e. The second-order valence-corrected chi connectivity index (χ2v) is 9.22. The molecular weight excluding hydrogens is 499 g/mol. The first kappa shape index (κ1) is 27.2. The average molecular weight is 520 g/mol. The highest BCUT2D eigenvalue weighted by Gasteiger charge is 2.51. The molecular formula is C22H21ClF3NO6S. The molecule has 34 heavy (non-hydrogen) atoms. The van der Waals surface area contributed by atoms with Gasteiger partial charge in [0.1, 0.15) is 0 Å². The van der Waals surface area contributed by atoms with E-state index in [2.05, 4.69) is 14.2 Å². The fraction of sp³-hybridized carbons (Fsp3) is 0.273. The van der Waals surface area contributed by atoms with Gasteiger partial charge in [0.2, 0.25) is 0 Å². The van der Waals surface area contributed by atoms with Gasteiger partial charge in [-0.1, -0.05) is 41.4 Å². The first-order valence-electron chi connectivity index (χ1n) is 9.59. The van der Waals surface area contributed by atoms with Crippen LogP contribution >= 0.6 is 11.6 Å². The summed E-state index contributed by atoms with van der Waals surface area (Å²) in [5.74, 6) is -8.20. The third-order valence-corrected chi connectivity index (χ3v) is 6.36. The van der Waals surface area contributed by atoms with Crippen LogP contribution in [0.25, 0.3) is 5.70 Å². The normalized spacial score (nSPS) is 13.4. The van der Waals surface area contributed by atoms with Gasteiger partial charge in [-0.05, 0) is 42.8 Å². The van der Waals surface area contributed by atoms with Gasteiger partial charge in [0.25, 0.3) is 10.0 Å². The molecule has 0 saturated carbocycles. The Labute approximate surface area is 199 Å². The summed E-state index contributed by atoms with van der Waals surface area (Å²) in [6.45, 7) is 1.73. The van der Waals surface area contributed by atoms with Gasteiger partial charge in [0.05, 0.1) is 30.7 Å². The zero-order valence-electron chi connectivity index (χ0n) is 18.2. The number of carbonyl (C=O) groups is 2. The molecule has 0 radical (unpaired) electrons. The van der Waals surface area contributed by atoms with Crippen LogP contribution in [0.4, 0.5) is 13.2 Å². The van der Waals surface area contributed by atoms with Crippen LogP contribution in [-0.2, 0) is 29.1 Å². The van der Waals surface area contributed by atoms with Crippen LogP contribution in [0, 0.1) is 18.8 Å². The molecule has 0 saturated heterocycles. The maximum absolute atomic E-state index is 14.0. The van der Waals surface area contributed by atoms with E-state index in [1.165, 1.54) is 48.5 Å². The van der Waals surface area contributed by atoms with E-state index in [1.54, 1.807) is 6.92 Å². The molecule has 0 unspecified atom stereocenters. The number of sulfonamides is 1. The molecule has 184 valence electrons. The number of nitrogens with one attached hydrogen (secondary N) is 1. The van der Waals surface area contributed by atoms with E-state index in [1.807, 2.05) is 0 Å². The van der Waals surface area contributed by atoms with Gasteiger partial charge < -0.3 is 9.47 Å². The zero-order valence-corrected chi connectivity index (χ0v) is 19.8. The van der Waals surface area contributed by atoms with E-state index in [9.17, 15) is 31.2 Å². The lowest BCUT2D eigenvalue weighted by Gasteiger charge is -2.24. The van der Waals surface area contributed by atoms with Crippen molar-refractivity contribution in [2.75, 3.05) is 14.2 Å². The minimum Gasteiger partial charge on any atom is -0.468 e. The van der Waals surface area contributed by atoms with Crippen molar-refractivity contribution >= 4 is 39.3 Å². The van der Waals surface area contributed by atoms with Crippen LogP contribution in [0.3, 0.4) is 0 Å². The van der Waals surface area contributed by atoms with Gasteiger partial charge in [-0.3, -0.25) is 14.3 Å². The number of benzene rings is 2. The average Bonchev–Trinajstić information content (AvgIpc) is 2.77. The van der Waals surface area contributed by atoms with E-state index >= 15 is 0 Å². The predicted molar refractivity (Wildman–Crippen MR) is 118 cm³/mol. The van der Waals surface area contributed by atoms with Crippen molar-refractivity contribution in [2.45, 2.75) is 18.0 Å². The van der Waals surface area contributed by atoms with E-state index in [-0.39, 0.29) is 15.5 Å². The van der Waals surface area contributed by atoms with Crippen LogP contribution in [0.1, 0.15) is 11.1 Å². The summed E-state index contributed by atoms with van der Waals surface area (Å²) < 4.78 is 78.9. The molecule has 2 rings (SSSR count). The first-order chi connectivity index (χ1) is 15.8. The number of hydrogen-bond donors (Lipinski definition) is 1. The molecule has 0 spiro atoms. The maximum atomic E-state index is 14.0. The fourth-order valence-electron chi connectivity index (χ4n) is 2.94. The Morgan fingerprint density at radius 2 is 1.47 bits per heavy atom. The molecule has 0 bridgehead atoms. The molecule has 0 amide bonds. The number of rotatable bonds is 8. The monoisotopic (exact) mass is 519 g/mol. The number of esters is 2. The lowest BCUT2D eigenvalue weighted by Crippen LogP contribution is -2.40. The number of hydrogen-bond acceptors (Lipinski definition) is 6. The predicted octanol–water partition coefficient (Wildman–Crippen LogP) is 4.11. The van der Waals surface area contributed by atoms with Gasteiger partial charge >= 0.3 is 18.1 Å². The van der Waals surface area contributed by atoms with Crippen LogP contribution in [0.5, 0.6) is 0 Å². The Morgan fingerprint density at radius 3 is 1.91 bits per heavy atom. The molecule has 0 heterocycles. The maximum Gasteiger partial charge on any atom is 0.396 e. The Morgan fingerprint density at radius 1 is 0.971 bits per heavy atom. The van der Waals surface area contributed by atoms with Crippen molar-refractivity contribution in [3.8, 4) is 0 Å². The minimum atomic E-state index is -5.15. The summed E-state index contributed by atoms with van der Waals surface area (Å²) in [4.78, 5) is 24.0. The summed E-state index contributed by atoms with van der Waals surface area (Å²) in [5, 5.41) is 0.249. The lowest BCUT2D eigenvalue weighted by molar-refractivity contribution is -0.194. The second kappa shape index (κ2) is 10.9. The number of methoxy groups -OCH3 is 2. The van der Waals surface area contributed by atoms with Crippen LogP contribution in [0.2, 0.25) is 5.02 Å². The quantitative estimate of drug-likeness (QED) is 0.416. The minimum absolute atomic E-state index is 0.00261. The molecule has 1 N–H and O–H groups in total. The van der Waals surface area contributed by atoms with Gasteiger partial charge in [0, 0.05) is 5.02 Å². The molecule has 2 aromatic carbocycles. The molecule has 1 atom stereocenters. The van der Waals surface area contributed by atoms with Gasteiger partial charge in [-0.2, -0.15) is 13.2 Å². The Hall–Kier alpha value is -3.05. The van der Waals surface area contributed by atoms with Gasteiger partial charge in [-0.15, -0.1) is 0 Å². The summed E-state index contributed by atoms with van der Waals surface area (Å²) in [6.07, 6.45) is -4.71. The van der Waals surface area contributed by atoms with Crippen LogP contribution in [0.15, 0.2) is 59.5 Å². The lowest BCUT2D eigenvalue weighted by atomic mass is 9.89. The number of carbonyl (C=O) groups excluding carboxylic acids is 2. The summed E-state index contributed by atoms with van der Waals surface area (Å²) in [5.41, 5.74) is 0.240. The van der Waals surface area contributed by atoms with Crippen LogP contribution < -0.4 is 4.72 Å². The first-order valence-corrected chi connectivity index (χ1v) is 11.5. The largest absolute Gasteiger partial charge is 0.468 e. The SMILES string of the molecule is COC(=O)C(C(=O)OC)[C@H](/C=C(/NS(=O)(=O)c1ccc(C)cc1)c1ccc(Cl)cc1)C(F)(F)F. The Kier molecular flexibility index (Phi) is 8.73. The topological polar surface area (TPSA) is 98.8 Å². The molecule has 0 aliphatic heterocycles. The van der Waals surface area contributed by atoms with Gasteiger partial charge in [-0.25, -0.2) is 8.42 Å². The molecule has 0 aliphatic carbocycles. The van der Waals surface area contributed by atoms with Crippen molar-refractivity contribution in [3.05, 3.63) is 70.8 Å². The highest BCUT2D eigenvalue weighted by atomic mass is 35.5. The van der Waals surface area contributed by atoms with E-state index in [4.69, 9.17) is 11.6 Å². The molecule has 0 aromatic heterocycles. The van der Waals surface area contributed by atoms with Crippen molar-refractivity contribution in [1.29, 1.82) is 0 Å². The number of ether oxygens (including phenoxy) is 2. The van der Waals surface area contributed by atoms with E-state index < -0.39 is 45.7 Å². The Bertz CT molecular complexity index is 1150. The third-order valence-electron chi connectivity index (χ3n) is 4.72. The number of halogens is 4. The summed E-state index contributed by atoms with van der Waals surface area (Å²) in [7, 11) is -2.72. The zero-order chi connectivity index (χ0) is 25.7. The number of aryl methyl sites for hydroxylation is 1.